The number of aromatic nitrogens is 1. The first-order valence-electron chi connectivity index (χ1n) is 6.37. The molecule has 3 rings (SSSR count). The Bertz CT molecular complexity index is 790. The van der Waals surface area contributed by atoms with E-state index in [0.29, 0.717) is 38.1 Å². The van der Waals surface area contributed by atoms with Crippen molar-refractivity contribution in [2.45, 2.75) is 6.17 Å². The third-order valence-corrected chi connectivity index (χ3v) is 4.64. The van der Waals surface area contributed by atoms with Gasteiger partial charge in [-0.15, -0.1) is 0 Å². The summed E-state index contributed by atoms with van der Waals surface area (Å²) in [6.07, 6.45) is -0.403. The fraction of sp³-hybridized carbons (Fsp3) is 0.143. The van der Waals surface area contributed by atoms with Crippen LogP contribution in [0, 0.1) is 0 Å². The maximum atomic E-state index is 6.25. The van der Waals surface area contributed by atoms with Crippen molar-refractivity contribution in [3.8, 4) is 11.3 Å². The lowest BCUT2D eigenvalue weighted by atomic mass is 10.1. The second-order valence-electron chi connectivity index (χ2n) is 4.85. The molecular formula is C14H12Cl3N5. The van der Waals surface area contributed by atoms with Crippen LogP contribution in [0.5, 0.6) is 0 Å². The van der Waals surface area contributed by atoms with Gasteiger partial charge in [0.1, 0.15) is 6.17 Å². The quantitative estimate of drug-likeness (QED) is 0.766. The molecule has 1 aliphatic rings. The van der Waals surface area contributed by atoms with Gasteiger partial charge in [-0.2, -0.15) is 4.99 Å². The van der Waals surface area contributed by atoms with E-state index in [9.17, 15) is 0 Å². The van der Waals surface area contributed by atoms with Crippen LogP contribution in [0.15, 0.2) is 29.3 Å². The summed E-state index contributed by atoms with van der Waals surface area (Å²) in [5, 5.41) is 1.20. The van der Waals surface area contributed by atoms with Crippen molar-refractivity contribution in [1.82, 2.24) is 9.88 Å². The van der Waals surface area contributed by atoms with Crippen LogP contribution >= 0.6 is 34.8 Å². The highest BCUT2D eigenvalue weighted by Crippen LogP contribution is 2.40. The molecule has 1 atom stereocenters. The van der Waals surface area contributed by atoms with Crippen molar-refractivity contribution < 1.29 is 0 Å². The van der Waals surface area contributed by atoms with Crippen molar-refractivity contribution in [2.75, 3.05) is 7.05 Å². The van der Waals surface area contributed by atoms with Gasteiger partial charge in [0.15, 0.2) is 11.8 Å². The van der Waals surface area contributed by atoms with E-state index in [4.69, 9.17) is 46.3 Å². The minimum absolute atomic E-state index is 0.299. The molecule has 2 heterocycles. The Morgan fingerprint density at radius 3 is 2.50 bits per heavy atom. The third kappa shape index (κ3) is 2.40. The molecular weight excluding hydrogens is 345 g/mol. The van der Waals surface area contributed by atoms with Gasteiger partial charge >= 0.3 is 0 Å². The number of hydrogen-bond acceptors (Lipinski definition) is 5. The predicted octanol–water partition coefficient (Wildman–Crippen LogP) is 3.56. The summed E-state index contributed by atoms with van der Waals surface area (Å²) < 4.78 is 0. The van der Waals surface area contributed by atoms with E-state index in [1.54, 1.807) is 30.1 Å². The smallest absolute Gasteiger partial charge is 0.199 e. The van der Waals surface area contributed by atoms with Gasteiger partial charge in [0, 0.05) is 18.2 Å². The van der Waals surface area contributed by atoms with Gasteiger partial charge in [-0.25, -0.2) is 4.98 Å². The number of hydrogen-bond donors (Lipinski definition) is 2. The molecule has 8 heteroatoms. The Balaban J connectivity index is 2.19. The number of nitrogens with zero attached hydrogens (tertiary/aromatic N) is 3. The van der Waals surface area contributed by atoms with Gasteiger partial charge in [-0.3, -0.25) is 0 Å². The normalized spacial score (nSPS) is 17.2. The molecule has 0 fully saturated rings. The Hall–Kier alpha value is -1.53. The second kappa shape index (κ2) is 5.59. The zero-order valence-electron chi connectivity index (χ0n) is 11.5. The molecule has 1 aliphatic heterocycles. The average molecular weight is 357 g/mol. The van der Waals surface area contributed by atoms with Crippen LogP contribution in [0.2, 0.25) is 15.1 Å². The highest BCUT2D eigenvalue weighted by Gasteiger charge is 2.25. The highest BCUT2D eigenvalue weighted by atomic mass is 35.5. The number of benzene rings is 1. The predicted molar refractivity (Wildman–Crippen MR) is 90.7 cm³/mol. The number of pyridine rings is 1. The lowest BCUT2D eigenvalue weighted by Crippen LogP contribution is -2.43. The summed E-state index contributed by atoms with van der Waals surface area (Å²) in [5.74, 6) is 0.751. The Labute approximate surface area is 142 Å². The first-order chi connectivity index (χ1) is 10.4. The monoisotopic (exact) mass is 355 g/mol. The van der Waals surface area contributed by atoms with Crippen LogP contribution in [0.25, 0.3) is 11.3 Å². The van der Waals surface area contributed by atoms with Gasteiger partial charge in [-0.1, -0.05) is 34.8 Å². The topological polar surface area (TPSA) is 80.5 Å². The Morgan fingerprint density at radius 2 is 1.77 bits per heavy atom. The molecule has 1 unspecified atom stereocenters. The molecule has 22 heavy (non-hydrogen) atoms. The van der Waals surface area contributed by atoms with E-state index in [1.807, 2.05) is 6.07 Å². The zero-order chi connectivity index (χ0) is 16.0. The van der Waals surface area contributed by atoms with E-state index in [2.05, 4.69) is 9.98 Å². The van der Waals surface area contributed by atoms with Gasteiger partial charge in [0.05, 0.1) is 20.8 Å². The molecule has 0 bridgehead atoms. The molecule has 1 aromatic heterocycles. The molecule has 1 aromatic carbocycles. The number of halogens is 3. The maximum Gasteiger partial charge on any atom is 0.199 e. The molecule has 0 aliphatic carbocycles. The minimum Gasteiger partial charge on any atom is -0.369 e. The molecule has 2 aromatic rings. The zero-order valence-corrected chi connectivity index (χ0v) is 13.8. The molecule has 0 saturated heterocycles. The van der Waals surface area contributed by atoms with E-state index < -0.39 is 6.17 Å². The molecule has 114 valence electrons. The second-order valence-corrected chi connectivity index (χ2v) is 6.05. The summed E-state index contributed by atoms with van der Waals surface area (Å²) in [5.41, 5.74) is 13.8. The van der Waals surface area contributed by atoms with Crippen molar-refractivity contribution in [3.05, 3.63) is 44.9 Å². The van der Waals surface area contributed by atoms with E-state index in [-0.39, 0.29) is 0 Å². The van der Waals surface area contributed by atoms with Gasteiger partial charge in [0.25, 0.3) is 0 Å². The summed E-state index contributed by atoms with van der Waals surface area (Å²) in [6, 6.07) is 6.92. The van der Waals surface area contributed by atoms with Gasteiger partial charge in [0.2, 0.25) is 0 Å². The van der Waals surface area contributed by atoms with Crippen molar-refractivity contribution in [3.63, 3.8) is 0 Å². The van der Waals surface area contributed by atoms with E-state index in [1.165, 1.54) is 0 Å². The molecule has 0 spiro atoms. The maximum absolute atomic E-state index is 6.25. The summed E-state index contributed by atoms with van der Waals surface area (Å²) in [6.45, 7) is 0. The van der Waals surface area contributed by atoms with Crippen molar-refractivity contribution in [1.29, 1.82) is 0 Å². The van der Waals surface area contributed by atoms with E-state index in [0.717, 1.165) is 5.56 Å². The number of aliphatic imine (C=N–C) groups is 1. The third-order valence-electron chi connectivity index (χ3n) is 3.52. The first kappa shape index (κ1) is 15.4. The molecule has 5 nitrogen and oxygen atoms in total. The molecule has 0 amide bonds. The van der Waals surface area contributed by atoms with Gasteiger partial charge in [-0.05, 0) is 24.3 Å². The Kier molecular flexibility index (Phi) is 3.91. The van der Waals surface area contributed by atoms with Crippen LogP contribution in [0.1, 0.15) is 11.7 Å². The number of nitrogens with two attached hydrogens (primary N) is 2. The van der Waals surface area contributed by atoms with Crippen LogP contribution < -0.4 is 11.5 Å². The van der Waals surface area contributed by atoms with Crippen LogP contribution in [0.4, 0.5) is 5.82 Å². The SMILES string of the molecule is CN1C(N)=Nc2nc(-c3c(Cl)ccc(Cl)c3Cl)ccc2C1N. The molecule has 0 radical (unpaired) electrons. The Morgan fingerprint density at radius 1 is 1.09 bits per heavy atom. The van der Waals surface area contributed by atoms with E-state index >= 15 is 0 Å². The number of rotatable bonds is 1. The first-order valence-corrected chi connectivity index (χ1v) is 7.51. The van der Waals surface area contributed by atoms with Crippen LogP contribution in [-0.2, 0) is 0 Å². The highest BCUT2D eigenvalue weighted by molar-refractivity contribution is 6.46. The lowest BCUT2D eigenvalue weighted by Gasteiger charge is -2.30. The fourth-order valence-corrected chi connectivity index (χ4v) is 2.94. The number of fused-ring (bicyclic) bond motifs is 1. The van der Waals surface area contributed by atoms with Crippen molar-refractivity contribution in [2.24, 2.45) is 16.5 Å². The molecule has 0 saturated carbocycles. The van der Waals surface area contributed by atoms with Crippen LogP contribution in [-0.4, -0.2) is 22.9 Å². The standard InChI is InChI=1S/C14H12Cl3N5/c1-22-12(18)6-2-5-9(20-13(6)21-14(22)19)10-7(15)3-4-8(16)11(10)17/h2-5,12H,18H2,1H3,(H2,19,20,21). The number of guanidine groups is 1. The average Bonchev–Trinajstić information content (AvgIpc) is 2.49. The lowest BCUT2D eigenvalue weighted by molar-refractivity contribution is 0.374. The summed E-state index contributed by atoms with van der Waals surface area (Å²) >= 11 is 18.5. The van der Waals surface area contributed by atoms with Crippen LogP contribution in [0.3, 0.4) is 0 Å². The van der Waals surface area contributed by atoms with Gasteiger partial charge < -0.3 is 16.4 Å². The molecule has 4 N–H and O–H groups in total. The summed E-state index contributed by atoms with van der Waals surface area (Å²) in [4.78, 5) is 10.4. The fourth-order valence-electron chi connectivity index (χ4n) is 2.22. The summed E-state index contributed by atoms with van der Waals surface area (Å²) in [7, 11) is 1.77. The van der Waals surface area contributed by atoms with Crippen molar-refractivity contribution >= 4 is 46.6 Å². The largest absolute Gasteiger partial charge is 0.369 e. The minimum atomic E-state index is -0.403.